The summed E-state index contributed by atoms with van der Waals surface area (Å²) in [7, 11) is 3.58. The van der Waals surface area contributed by atoms with Crippen LogP contribution >= 0.6 is 0 Å². The van der Waals surface area contributed by atoms with Gasteiger partial charge in [-0.2, -0.15) is 4.98 Å². The number of benzene rings is 2. The number of nitrogens with zero attached hydrogens (tertiary/aromatic N) is 4. The number of carboxylic acids is 1. The molecule has 0 radical (unpaired) electrons. The second-order valence-corrected chi connectivity index (χ2v) is 7.78. The predicted octanol–water partition coefficient (Wildman–Crippen LogP) is 2.96. The van der Waals surface area contributed by atoms with Gasteiger partial charge in [0.15, 0.2) is 0 Å². The second-order valence-electron chi connectivity index (χ2n) is 7.78. The number of aliphatic carboxylic acids is 1. The van der Waals surface area contributed by atoms with Crippen LogP contribution in [-0.2, 0) is 11.3 Å². The summed E-state index contributed by atoms with van der Waals surface area (Å²) in [6, 6.07) is 10.2. The van der Waals surface area contributed by atoms with Crippen LogP contribution in [0.1, 0.15) is 25.0 Å². The van der Waals surface area contributed by atoms with Gasteiger partial charge in [-0.15, -0.1) is 0 Å². The minimum Gasteiger partial charge on any atom is -0.507 e. The molecule has 0 amide bonds. The maximum absolute atomic E-state index is 11.3. The molecule has 0 saturated carbocycles. The van der Waals surface area contributed by atoms with Crippen molar-refractivity contribution in [1.29, 1.82) is 5.41 Å². The van der Waals surface area contributed by atoms with Crippen molar-refractivity contribution in [2.45, 2.75) is 26.4 Å². The van der Waals surface area contributed by atoms with Gasteiger partial charge in [-0.05, 0) is 43.3 Å². The Morgan fingerprint density at radius 2 is 1.97 bits per heavy atom. The van der Waals surface area contributed by atoms with Crippen molar-refractivity contribution >= 4 is 29.0 Å². The number of carboxylic acid groups (broad SMARTS) is 1. The van der Waals surface area contributed by atoms with E-state index in [9.17, 15) is 15.0 Å². The number of carbonyl (C=O) groups is 1. The Morgan fingerprint density at radius 3 is 2.56 bits per heavy atom. The molecule has 3 rings (SSSR count). The van der Waals surface area contributed by atoms with E-state index in [4.69, 9.17) is 15.7 Å². The maximum Gasteiger partial charge on any atom is 0.354 e. The number of anilines is 3. The van der Waals surface area contributed by atoms with Crippen molar-refractivity contribution < 1.29 is 19.5 Å². The summed E-state index contributed by atoms with van der Waals surface area (Å²) in [5.41, 5.74) is 7.38. The number of hydrogen-bond donors (Lipinski definition) is 4. The molecule has 0 fully saturated rings. The van der Waals surface area contributed by atoms with Crippen LogP contribution in [0.5, 0.6) is 5.75 Å². The van der Waals surface area contributed by atoms with E-state index in [0.29, 0.717) is 29.3 Å². The molecule has 1 aromatic heterocycles. The summed E-state index contributed by atoms with van der Waals surface area (Å²) in [6.45, 7) is 4.26. The lowest BCUT2D eigenvalue weighted by molar-refractivity contribution is -0.129. The van der Waals surface area contributed by atoms with Crippen molar-refractivity contribution in [3.05, 3.63) is 47.5 Å². The molecule has 168 valence electrons. The molecule has 2 aromatic carbocycles. The van der Waals surface area contributed by atoms with Crippen molar-refractivity contribution in [3.63, 3.8) is 0 Å². The first-order valence-electron chi connectivity index (χ1n) is 9.90. The van der Waals surface area contributed by atoms with E-state index in [1.54, 1.807) is 55.4 Å². The van der Waals surface area contributed by atoms with Crippen LogP contribution in [0.4, 0.5) is 17.3 Å². The third kappa shape index (κ3) is 4.48. The summed E-state index contributed by atoms with van der Waals surface area (Å²) in [5.74, 6) is -0.745. The third-order valence-electron chi connectivity index (χ3n) is 4.98. The number of nitrogens with two attached hydrogens (primary N) is 1. The fraction of sp³-hybridized carbons (Fsp3) is 0.273. The highest BCUT2D eigenvalue weighted by Gasteiger charge is 2.21. The maximum atomic E-state index is 11.3. The lowest BCUT2D eigenvalue weighted by Crippen LogP contribution is -2.30. The lowest BCUT2D eigenvalue weighted by Gasteiger charge is -2.30. The SMILES string of the molecule is CC(C)N(Cc1cccc(-c2nc(N(C)C)no2)c1O)c1ccc(N)c(C(=N)C(=O)O)c1. The van der Waals surface area contributed by atoms with E-state index in [-0.39, 0.29) is 28.9 Å². The first-order valence-corrected chi connectivity index (χ1v) is 9.90. The Morgan fingerprint density at radius 1 is 1.25 bits per heavy atom. The lowest BCUT2D eigenvalue weighted by atomic mass is 10.0. The molecule has 0 aliphatic rings. The zero-order chi connectivity index (χ0) is 23.6. The topological polar surface area (TPSA) is 153 Å². The van der Waals surface area contributed by atoms with Gasteiger partial charge < -0.3 is 30.3 Å². The quantitative estimate of drug-likeness (QED) is 0.307. The molecule has 10 heteroatoms. The molecule has 0 saturated heterocycles. The highest BCUT2D eigenvalue weighted by atomic mass is 16.5. The number of hydrogen-bond acceptors (Lipinski definition) is 9. The Hall–Kier alpha value is -4.08. The van der Waals surface area contributed by atoms with Crippen LogP contribution in [0.15, 0.2) is 40.9 Å². The van der Waals surface area contributed by atoms with Crippen LogP contribution in [0.25, 0.3) is 11.5 Å². The third-order valence-corrected chi connectivity index (χ3v) is 4.98. The molecule has 0 aliphatic carbocycles. The van der Waals surface area contributed by atoms with E-state index in [2.05, 4.69) is 10.1 Å². The van der Waals surface area contributed by atoms with Crippen LogP contribution in [0, 0.1) is 5.41 Å². The largest absolute Gasteiger partial charge is 0.507 e. The van der Waals surface area contributed by atoms with E-state index in [1.807, 2.05) is 18.7 Å². The van der Waals surface area contributed by atoms with Gasteiger partial charge in [0.2, 0.25) is 0 Å². The number of phenols is 1. The number of aromatic hydroxyl groups is 1. The smallest absolute Gasteiger partial charge is 0.354 e. The second kappa shape index (κ2) is 8.96. The van der Waals surface area contributed by atoms with Crippen molar-refractivity contribution in [3.8, 4) is 17.2 Å². The predicted molar refractivity (Wildman–Crippen MR) is 122 cm³/mol. The first-order chi connectivity index (χ1) is 15.1. The van der Waals surface area contributed by atoms with Gasteiger partial charge in [0.05, 0.1) is 5.56 Å². The molecule has 0 unspecified atom stereocenters. The molecule has 10 nitrogen and oxygen atoms in total. The van der Waals surface area contributed by atoms with Crippen LogP contribution < -0.4 is 15.5 Å². The minimum absolute atomic E-state index is 0.00251. The molecule has 0 spiro atoms. The summed E-state index contributed by atoms with van der Waals surface area (Å²) in [6.07, 6.45) is 0. The summed E-state index contributed by atoms with van der Waals surface area (Å²) in [5, 5.41) is 31.8. The standard InChI is InChI=1S/C22H26N6O4/c1-12(2)28(14-8-9-17(23)16(10-14)18(24)21(30)31)11-13-6-5-7-15(19(13)29)20-25-22(26-32-20)27(3)4/h5-10,12,24,29H,11,23H2,1-4H3,(H,30,31). The zero-order valence-electron chi connectivity index (χ0n) is 18.3. The Labute approximate surface area is 185 Å². The average Bonchev–Trinajstić information content (AvgIpc) is 3.23. The number of nitrogens with one attached hydrogen (secondary N) is 1. The minimum atomic E-state index is -1.35. The molecule has 32 heavy (non-hydrogen) atoms. The van der Waals surface area contributed by atoms with Crippen molar-refractivity contribution in [2.24, 2.45) is 0 Å². The Balaban J connectivity index is 1.98. The van der Waals surface area contributed by atoms with Crippen LogP contribution in [0.3, 0.4) is 0 Å². The summed E-state index contributed by atoms with van der Waals surface area (Å²) < 4.78 is 5.29. The number of phenolic OH excluding ortho intramolecular Hbond substituents is 1. The van der Waals surface area contributed by atoms with Gasteiger partial charge in [-0.1, -0.05) is 12.1 Å². The number of para-hydroxylation sites is 1. The van der Waals surface area contributed by atoms with Gasteiger partial charge >= 0.3 is 5.97 Å². The van der Waals surface area contributed by atoms with Crippen LogP contribution in [-0.4, -0.2) is 52.2 Å². The molecule has 5 N–H and O–H groups in total. The van der Waals surface area contributed by atoms with Crippen molar-refractivity contribution in [1.82, 2.24) is 10.1 Å². The van der Waals surface area contributed by atoms with Gasteiger partial charge in [0.1, 0.15) is 11.5 Å². The zero-order valence-corrected chi connectivity index (χ0v) is 18.3. The number of aromatic nitrogens is 2. The van der Waals surface area contributed by atoms with Gasteiger partial charge in [0.25, 0.3) is 11.8 Å². The average molecular weight is 438 g/mol. The molecule has 1 heterocycles. The van der Waals surface area contributed by atoms with Gasteiger partial charge in [-0.3, -0.25) is 5.41 Å². The molecule has 0 aliphatic heterocycles. The van der Waals surface area contributed by atoms with E-state index >= 15 is 0 Å². The van der Waals surface area contributed by atoms with Crippen LogP contribution in [0.2, 0.25) is 0 Å². The highest BCUT2D eigenvalue weighted by molar-refractivity contribution is 6.42. The fourth-order valence-electron chi connectivity index (χ4n) is 3.21. The number of rotatable bonds is 8. The Kier molecular flexibility index (Phi) is 6.33. The highest BCUT2D eigenvalue weighted by Crippen LogP contribution is 2.34. The Bertz CT molecular complexity index is 1160. The fourth-order valence-corrected chi connectivity index (χ4v) is 3.21. The number of nitrogen functional groups attached to an aromatic ring is 1. The first kappa shape index (κ1) is 22.6. The molecule has 0 bridgehead atoms. The molecular formula is C22H26N6O4. The molecule has 3 aromatic rings. The van der Waals surface area contributed by atoms with E-state index in [0.717, 1.165) is 0 Å². The van der Waals surface area contributed by atoms with Crippen molar-refractivity contribution in [2.75, 3.05) is 29.6 Å². The summed E-state index contributed by atoms with van der Waals surface area (Å²) >= 11 is 0. The monoisotopic (exact) mass is 438 g/mol. The van der Waals surface area contributed by atoms with Gasteiger partial charge in [-0.25, -0.2) is 4.79 Å². The molecule has 0 atom stereocenters. The van der Waals surface area contributed by atoms with E-state index < -0.39 is 11.7 Å². The van der Waals surface area contributed by atoms with Gasteiger partial charge in [0, 0.05) is 49.2 Å². The summed E-state index contributed by atoms with van der Waals surface area (Å²) in [4.78, 5) is 19.2. The van der Waals surface area contributed by atoms with E-state index in [1.165, 1.54) is 0 Å². The molecular weight excluding hydrogens is 412 g/mol. The normalized spacial score (nSPS) is 10.9.